The van der Waals surface area contributed by atoms with Gasteiger partial charge in [0.25, 0.3) is 0 Å². The van der Waals surface area contributed by atoms with Crippen molar-refractivity contribution in [2.75, 3.05) is 20.2 Å². The number of rotatable bonds is 1. The average molecular weight is 370 g/mol. The summed E-state index contributed by atoms with van der Waals surface area (Å²) >= 11 is 0. The monoisotopic (exact) mass is 370 g/mol. The van der Waals surface area contributed by atoms with Crippen LogP contribution in [0.5, 0.6) is 0 Å². The van der Waals surface area contributed by atoms with Crippen molar-refractivity contribution in [1.29, 1.82) is 0 Å². The molecule has 0 aliphatic carbocycles. The molecule has 27 heavy (non-hydrogen) atoms. The highest BCUT2D eigenvalue weighted by Gasteiger charge is 2.54. The fraction of sp³-hybridized carbons (Fsp3) is 0.619. The Morgan fingerprint density at radius 1 is 1.33 bits per heavy atom. The van der Waals surface area contributed by atoms with E-state index in [0.717, 1.165) is 31.6 Å². The highest BCUT2D eigenvalue weighted by molar-refractivity contribution is 6.02. The first-order valence-corrected chi connectivity index (χ1v) is 9.91. The van der Waals surface area contributed by atoms with Gasteiger partial charge in [-0.25, -0.2) is 0 Å². The highest BCUT2D eigenvalue weighted by Crippen LogP contribution is 2.48. The van der Waals surface area contributed by atoms with Gasteiger partial charge in [-0.05, 0) is 43.9 Å². The van der Waals surface area contributed by atoms with Gasteiger partial charge in [-0.2, -0.15) is 0 Å². The first-order valence-electron chi connectivity index (χ1n) is 9.91. The van der Waals surface area contributed by atoms with Crippen molar-refractivity contribution < 1.29 is 19.4 Å². The summed E-state index contributed by atoms with van der Waals surface area (Å²) in [6.07, 6.45) is 0.732. The van der Waals surface area contributed by atoms with Crippen LogP contribution in [0.25, 0.3) is 0 Å². The van der Waals surface area contributed by atoms with Gasteiger partial charge < -0.3 is 14.6 Å². The van der Waals surface area contributed by atoms with Gasteiger partial charge in [0.05, 0.1) is 18.9 Å². The Kier molecular flexibility index (Phi) is 4.11. The molecular weight excluding hydrogens is 344 g/mol. The van der Waals surface area contributed by atoms with E-state index in [9.17, 15) is 9.90 Å². The second-order valence-corrected chi connectivity index (χ2v) is 8.29. The molecule has 0 aromatic heterocycles. The van der Waals surface area contributed by atoms with E-state index in [4.69, 9.17) is 14.5 Å². The van der Waals surface area contributed by atoms with Crippen molar-refractivity contribution >= 4 is 17.4 Å². The van der Waals surface area contributed by atoms with E-state index >= 15 is 0 Å². The van der Waals surface area contributed by atoms with Gasteiger partial charge in [0, 0.05) is 30.1 Å². The summed E-state index contributed by atoms with van der Waals surface area (Å²) in [7, 11) is 1.38. The zero-order valence-electron chi connectivity index (χ0n) is 15.7. The van der Waals surface area contributed by atoms with E-state index in [1.165, 1.54) is 18.4 Å². The predicted octanol–water partition coefficient (Wildman–Crippen LogP) is 2.09. The lowest BCUT2D eigenvalue weighted by molar-refractivity contribution is -0.243. The number of nitrogens with zero attached hydrogens (tertiary/aromatic N) is 2. The van der Waals surface area contributed by atoms with Crippen molar-refractivity contribution in [2.45, 2.75) is 44.1 Å². The number of ether oxygens (including phenoxy) is 2. The van der Waals surface area contributed by atoms with Gasteiger partial charge in [-0.1, -0.05) is 18.2 Å². The molecule has 7 atom stereocenters. The summed E-state index contributed by atoms with van der Waals surface area (Å²) in [4.78, 5) is 19.9. The number of aliphatic imine (C=N–C) groups is 1. The van der Waals surface area contributed by atoms with Crippen LogP contribution < -0.4 is 0 Å². The molecular formula is C21H26N2O4. The van der Waals surface area contributed by atoms with Crippen molar-refractivity contribution in [3.8, 4) is 0 Å². The number of hydrogen-bond acceptors (Lipinski definition) is 6. The van der Waals surface area contributed by atoms with E-state index in [0.29, 0.717) is 5.92 Å². The number of aliphatic hydroxyl groups is 1. The SMILES string of the molecule is COC(=O)[C@@H]1[C@H]2C[C@H]3C4=Nc5ccccc5[C@@H]4CCN3C[C@H]2[C@H](C)O[C@@H]1O. The molecule has 6 heteroatoms. The third-order valence-electron chi connectivity index (χ3n) is 7.10. The molecule has 0 radical (unpaired) electrons. The third kappa shape index (κ3) is 2.57. The zero-order valence-corrected chi connectivity index (χ0v) is 15.7. The quantitative estimate of drug-likeness (QED) is 0.767. The number of benzene rings is 1. The third-order valence-corrected chi connectivity index (χ3v) is 7.10. The van der Waals surface area contributed by atoms with Crippen LogP contribution >= 0.6 is 0 Å². The summed E-state index contributed by atoms with van der Waals surface area (Å²) in [6, 6.07) is 8.63. The lowest BCUT2D eigenvalue weighted by Gasteiger charge is -2.53. The molecule has 4 heterocycles. The van der Waals surface area contributed by atoms with Crippen LogP contribution in [-0.2, 0) is 14.3 Å². The molecule has 0 bridgehead atoms. The average Bonchev–Trinajstić information content (AvgIpc) is 3.06. The molecule has 6 nitrogen and oxygen atoms in total. The summed E-state index contributed by atoms with van der Waals surface area (Å²) < 4.78 is 10.7. The normalized spacial score (nSPS) is 40.3. The van der Waals surface area contributed by atoms with Gasteiger partial charge in [0.2, 0.25) is 0 Å². The Bertz CT molecular complexity index is 794. The second kappa shape index (κ2) is 6.40. The maximum absolute atomic E-state index is 12.4. The largest absolute Gasteiger partial charge is 0.469 e. The predicted molar refractivity (Wildman–Crippen MR) is 99.9 cm³/mol. The van der Waals surface area contributed by atoms with Crippen LogP contribution in [0.15, 0.2) is 29.3 Å². The van der Waals surface area contributed by atoms with Gasteiger partial charge in [-0.3, -0.25) is 14.7 Å². The number of carbonyl (C=O) groups excluding carboxylic acids is 1. The van der Waals surface area contributed by atoms with E-state index in [-0.39, 0.29) is 30.0 Å². The molecule has 0 amide bonds. The minimum absolute atomic E-state index is 0.0441. The van der Waals surface area contributed by atoms with Crippen molar-refractivity contribution in [2.24, 2.45) is 22.7 Å². The van der Waals surface area contributed by atoms with E-state index in [1.807, 2.05) is 13.0 Å². The molecule has 1 N–H and O–H groups in total. The van der Waals surface area contributed by atoms with Crippen LogP contribution in [0, 0.1) is 17.8 Å². The summed E-state index contributed by atoms with van der Waals surface area (Å²) in [5.41, 5.74) is 3.66. The number of esters is 1. The molecule has 0 spiro atoms. The molecule has 0 saturated carbocycles. The number of hydrogen-bond donors (Lipinski definition) is 1. The van der Waals surface area contributed by atoms with Crippen molar-refractivity contribution in [3.05, 3.63) is 29.8 Å². The Morgan fingerprint density at radius 2 is 2.15 bits per heavy atom. The lowest BCUT2D eigenvalue weighted by atomic mass is 9.67. The van der Waals surface area contributed by atoms with Gasteiger partial charge >= 0.3 is 5.97 Å². The van der Waals surface area contributed by atoms with Crippen LogP contribution in [0.1, 0.15) is 31.2 Å². The fourth-order valence-corrected chi connectivity index (χ4v) is 5.79. The Morgan fingerprint density at radius 3 is 2.96 bits per heavy atom. The molecule has 144 valence electrons. The zero-order chi connectivity index (χ0) is 18.7. The first-order chi connectivity index (χ1) is 13.1. The first kappa shape index (κ1) is 17.3. The minimum Gasteiger partial charge on any atom is -0.469 e. The number of carbonyl (C=O) groups is 1. The molecule has 5 rings (SSSR count). The summed E-state index contributed by atoms with van der Waals surface area (Å²) in [5.74, 6) is -0.347. The maximum Gasteiger partial charge on any atom is 0.314 e. The summed E-state index contributed by atoms with van der Waals surface area (Å²) in [5, 5.41) is 10.4. The smallest absolute Gasteiger partial charge is 0.314 e. The number of para-hydroxylation sites is 1. The highest BCUT2D eigenvalue weighted by atomic mass is 16.6. The molecule has 0 unspecified atom stereocenters. The van der Waals surface area contributed by atoms with Gasteiger partial charge in [0.1, 0.15) is 5.92 Å². The van der Waals surface area contributed by atoms with Crippen LogP contribution in [0.2, 0.25) is 0 Å². The molecule has 3 fully saturated rings. The molecule has 4 aliphatic heterocycles. The Labute approximate surface area is 159 Å². The molecule has 3 saturated heterocycles. The van der Waals surface area contributed by atoms with E-state index in [2.05, 4.69) is 23.1 Å². The topological polar surface area (TPSA) is 71.4 Å². The number of methoxy groups -OCH3 is 1. The van der Waals surface area contributed by atoms with Crippen LogP contribution in [-0.4, -0.2) is 60.3 Å². The lowest BCUT2D eigenvalue weighted by Crippen LogP contribution is -2.62. The van der Waals surface area contributed by atoms with Crippen LogP contribution in [0.4, 0.5) is 5.69 Å². The molecule has 1 aromatic rings. The fourth-order valence-electron chi connectivity index (χ4n) is 5.79. The minimum atomic E-state index is -1.10. The number of piperidine rings is 2. The molecule has 4 aliphatic rings. The Balaban J connectivity index is 1.48. The number of aliphatic hydroxyl groups excluding tert-OH is 1. The van der Waals surface area contributed by atoms with Gasteiger partial charge in [0.15, 0.2) is 6.29 Å². The Hall–Kier alpha value is -1.76. The van der Waals surface area contributed by atoms with Gasteiger partial charge in [-0.15, -0.1) is 0 Å². The molecule has 1 aromatic carbocycles. The van der Waals surface area contributed by atoms with E-state index in [1.54, 1.807) is 0 Å². The van der Waals surface area contributed by atoms with E-state index < -0.39 is 12.2 Å². The second-order valence-electron chi connectivity index (χ2n) is 8.29. The van der Waals surface area contributed by atoms with Crippen LogP contribution in [0.3, 0.4) is 0 Å². The summed E-state index contributed by atoms with van der Waals surface area (Å²) in [6.45, 7) is 3.91. The number of fused-ring (bicyclic) bond motifs is 6. The standard InChI is InChI=1S/C21H26N2O4/c1-11-15-10-23-8-7-13-12-5-3-4-6-16(12)22-19(13)17(23)9-14(15)18(20(24)26-2)21(25)27-11/h3-6,11,13-15,17-18,21,25H,7-10H2,1-2H3/t11-,13-,14-,15-,17-,18-,21-/m0/s1. The van der Waals surface area contributed by atoms with Crippen molar-refractivity contribution in [1.82, 2.24) is 4.90 Å². The maximum atomic E-state index is 12.4. The van der Waals surface area contributed by atoms with Crippen molar-refractivity contribution in [3.63, 3.8) is 0 Å².